The van der Waals surface area contributed by atoms with Crippen LogP contribution in [0.3, 0.4) is 0 Å². The number of halogens is 1. The molecule has 4 N–H and O–H groups in total. The zero-order chi connectivity index (χ0) is 22.8. The molecule has 0 spiro atoms. The van der Waals surface area contributed by atoms with Crippen molar-refractivity contribution in [1.82, 2.24) is 14.9 Å². The number of aromatic nitrogens is 2. The van der Waals surface area contributed by atoms with Crippen LogP contribution in [-0.2, 0) is 11.3 Å². The van der Waals surface area contributed by atoms with Gasteiger partial charge in [-0.1, -0.05) is 18.2 Å². The summed E-state index contributed by atoms with van der Waals surface area (Å²) in [7, 11) is 0. The number of para-hydroxylation sites is 1. The average molecular weight is 428 g/mol. The average Bonchev–Trinajstić information content (AvgIpc) is 3.16. The predicted molar refractivity (Wildman–Crippen MR) is 114 cm³/mol. The van der Waals surface area contributed by atoms with Gasteiger partial charge in [-0.05, 0) is 36.8 Å². The summed E-state index contributed by atoms with van der Waals surface area (Å²) in [5.41, 5.74) is 7.41. The highest BCUT2D eigenvalue weighted by Gasteiger charge is 2.15. The molecule has 0 fully saturated rings. The van der Waals surface area contributed by atoms with Gasteiger partial charge in [-0.15, -0.1) is 0 Å². The maximum atomic E-state index is 13.6. The molecule has 2 aromatic carbocycles. The number of hydrogen-bond acceptors (Lipinski definition) is 5. The fourth-order valence-corrected chi connectivity index (χ4v) is 2.77. The number of rotatable bonds is 7. The van der Waals surface area contributed by atoms with Gasteiger partial charge in [-0.25, -0.2) is 9.37 Å². The third kappa shape index (κ3) is 6.93. The molecule has 0 aliphatic rings. The molecule has 31 heavy (non-hydrogen) atoms. The number of ether oxygens (including phenoxy) is 1. The highest BCUT2D eigenvalue weighted by atomic mass is 19.1. The summed E-state index contributed by atoms with van der Waals surface area (Å²) in [5.74, 6) is -0.608. The number of hydrogen-bond donors (Lipinski definition) is 3. The number of imidazole rings is 1. The van der Waals surface area contributed by atoms with Crippen LogP contribution >= 0.6 is 0 Å². The Bertz CT molecular complexity index is 1030. The van der Waals surface area contributed by atoms with Gasteiger partial charge >= 0.3 is 0 Å². The number of benzene rings is 2. The van der Waals surface area contributed by atoms with E-state index in [9.17, 15) is 9.18 Å². The first kappa shape index (κ1) is 23.6. The van der Waals surface area contributed by atoms with Gasteiger partial charge in [-0.2, -0.15) is 0 Å². The first-order valence-electron chi connectivity index (χ1n) is 9.51. The maximum Gasteiger partial charge on any atom is 0.300 e. The molecule has 0 aliphatic carbocycles. The lowest BCUT2D eigenvalue weighted by atomic mass is 10.1. The van der Waals surface area contributed by atoms with Gasteiger partial charge in [0.2, 0.25) is 0 Å². The van der Waals surface area contributed by atoms with Crippen molar-refractivity contribution in [3.63, 3.8) is 0 Å². The Balaban J connectivity index is 0.000000785. The second-order valence-corrected chi connectivity index (χ2v) is 6.45. The van der Waals surface area contributed by atoms with Crippen LogP contribution in [0.4, 0.5) is 4.39 Å². The molecular formula is C22H25FN4O4. The number of aryl methyl sites for hydroxylation is 1. The quantitative estimate of drug-likeness (QED) is 0.532. The minimum Gasteiger partial charge on any atom is -0.491 e. The molecule has 9 heteroatoms. The van der Waals surface area contributed by atoms with E-state index in [-0.39, 0.29) is 18.7 Å². The first-order valence-corrected chi connectivity index (χ1v) is 9.51. The lowest BCUT2D eigenvalue weighted by Crippen LogP contribution is -2.25. The Morgan fingerprint density at radius 3 is 2.61 bits per heavy atom. The molecule has 0 aliphatic heterocycles. The SMILES string of the molecule is CC(=O)O.Cc1nccn1-c1ccccc1CNC(=O)c1cc(F)ccc1OCCN. The number of carboxylic acids is 1. The predicted octanol–water partition coefficient (Wildman–Crippen LogP) is 2.68. The molecule has 0 saturated carbocycles. The standard InChI is InChI=1S/C20H21FN4O2.C2H4O2/c1-14-23-9-10-25(14)18-5-3-2-4-15(18)13-24-20(26)17-12-16(21)6-7-19(17)27-11-8-22;1-2(3)4/h2-7,9-10,12H,8,11,13,22H2,1H3,(H,24,26);1H3,(H,3,4). The summed E-state index contributed by atoms with van der Waals surface area (Å²) >= 11 is 0. The Kier molecular flexibility index (Phi) is 8.71. The minimum atomic E-state index is -0.833. The number of nitrogens with two attached hydrogens (primary N) is 1. The van der Waals surface area contributed by atoms with Gasteiger partial charge in [0.15, 0.2) is 0 Å². The number of aliphatic carboxylic acids is 1. The molecule has 0 saturated heterocycles. The summed E-state index contributed by atoms with van der Waals surface area (Å²) < 4.78 is 21.0. The molecule has 0 radical (unpaired) electrons. The van der Waals surface area contributed by atoms with E-state index in [4.69, 9.17) is 20.4 Å². The number of nitrogens with one attached hydrogen (secondary N) is 1. The van der Waals surface area contributed by atoms with Crippen LogP contribution in [-0.4, -0.2) is 39.7 Å². The zero-order valence-corrected chi connectivity index (χ0v) is 17.3. The van der Waals surface area contributed by atoms with Crippen molar-refractivity contribution >= 4 is 11.9 Å². The van der Waals surface area contributed by atoms with E-state index >= 15 is 0 Å². The highest BCUT2D eigenvalue weighted by Crippen LogP contribution is 2.21. The Hall–Kier alpha value is -3.72. The Morgan fingerprint density at radius 2 is 1.97 bits per heavy atom. The van der Waals surface area contributed by atoms with Gasteiger partial charge in [0.1, 0.15) is 24.0 Å². The third-order valence-corrected chi connectivity index (χ3v) is 4.08. The summed E-state index contributed by atoms with van der Waals surface area (Å²) in [5, 5.41) is 10.2. The normalized spacial score (nSPS) is 10.1. The summed E-state index contributed by atoms with van der Waals surface area (Å²) in [6, 6.07) is 11.5. The van der Waals surface area contributed by atoms with E-state index in [1.54, 1.807) is 6.20 Å². The molecular weight excluding hydrogens is 403 g/mol. The molecule has 0 atom stereocenters. The van der Waals surface area contributed by atoms with Crippen molar-refractivity contribution in [1.29, 1.82) is 0 Å². The van der Waals surface area contributed by atoms with E-state index in [0.29, 0.717) is 12.3 Å². The van der Waals surface area contributed by atoms with Gasteiger partial charge < -0.3 is 25.5 Å². The number of carboxylic acid groups (broad SMARTS) is 1. The van der Waals surface area contributed by atoms with Gasteiger partial charge in [0.05, 0.1) is 11.3 Å². The largest absolute Gasteiger partial charge is 0.491 e. The highest BCUT2D eigenvalue weighted by molar-refractivity contribution is 5.96. The molecule has 3 aromatic rings. The van der Waals surface area contributed by atoms with Crippen LogP contribution in [0.1, 0.15) is 28.7 Å². The Labute approximate surface area is 179 Å². The van der Waals surface area contributed by atoms with E-state index < -0.39 is 17.7 Å². The first-order chi connectivity index (χ1) is 14.8. The van der Waals surface area contributed by atoms with E-state index in [1.807, 2.05) is 42.0 Å². The van der Waals surface area contributed by atoms with Crippen molar-refractivity contribution in [2.75, 3.05) is 13.2 Å². The number of nitrogens with zero attached hydrogens (tertiary/aromatic N) is 2. The lowest BCUT2D eigenvalue weighted by Gasteiger charge is -2.14. The van der Waals surface area contributed by atoms with Crippen molar-refractivity contribution < 1.29 is 23.8 Å². The monoisotopic (exact) mass is 428 g/mol. The van der Waals surface area contributed by atoms with Crippen molar-refractivity contribution in [3.8, 4) is 11.4 Å². The third-order valence-electron chi connectivity index (χ3n) is 4.08. The second-order valence-electron chi connectivity index (χ2n) is 6.45. The van der Waals surface area contributed by atoms with Crippen molar-refractivity contribution in [3.05, 3.63) is 77.6 Å². The van der Waals surface area contributed by atoms with Crippen molar-refractivity contribution in [2.45, 2.75) is 20.4 Å². The number of carbonyl (C=O) groups excluding carboxylic acids is 1. The molecule has 0 bridgehead atoms. The van der Waals surface area contributed by atoms with Crippen molar-refractivity contribution in [2.24, 2.45) is 5.73 Å². The zero-order valence-electron chi connectivity index (χ0n) is 17.3. The molecule has 1 amide bonds. The fourth-order valence-electron chi connectivity index (χ4n) is 2.77. The van der Waals surface area contributed by atoms with Crippen LogP contribution in [0.25, 0.3) is 5.69 Å². The molecule has 164 valence electrons. The second kappa shape index (κ2) is 11.5. The summed E-state index contributed by atoms with van der Waals surface area (Å²) in [4.78, 5) is 25.8. The van der Waals surface area contributed by atoms with Gasteiger partial charge in [-0.3, -0.25) is 9.59 Å². The van der Waals surface area contributed by atoms with Crippen LogP contribution in [0.2, 0.25) is 0 Å². The Morgan fingerprint density at radius 1 is 1.26 bits per heavy atom. The molecule has 3 rings (SSSR count). The number of amides is 1. The minimum absolute atomic E-state index is 0.139. The molecule has 1 heterocycles. The molecule has 1 aromatic heterocycles. The van der Waals surface area contributed by atoms with E-state index in [1.165, 1.54) is 12.1 Å². The summed E-state index contributed by atoms with van der Waals surface area (Å²) in [6.45, 7) is 3.81. The molecule has 8 nitrogen and oxygen atoms in total. The van der Waals surface area contributed by atoms with Gasteiger partial charge in [0.25, 0.3) is 11.9 Å². The summed E-state index contributed by atoms with van der Waals surface area (Å²) in [6.07, 6.45) is 3.58. The fraction of sp³-hybridized carbons (Fsp3) is 0.227. The van der Waals surface area contributed by atoms with E-state index in [0.717, 1.165) is 30.1 Å². The van der Waals surface area contributed by atoms with Crippen LogP contribution < -0.4 is 15.8 Å². The number of carbonyl (C=O) groups is 2. The van der Waals surface area contributed by atoms with E-state index in [2.05, 4.69) is 10.3 Å². The molecule has 0 unspecified atom stereocenters. The van der Waals surface area contributed by atoms with Crippen LogP contribution in [0.15, 0.2) is 54.9 Å². The smallest absolute Gasteiger partial charge is 0.300 e. The van der Waals surface area contributed by atoms with Crippen LogP contribution in [0, 0.1) is 12.7 Å². The topological polar surface area (TPSA) is 119 Å². The van der Waals surface area contributed by atoms with Gasteiger partial charge in [0, 0.05) is 32.4 Å². The van der Waals surface area contributed by atoms with Crippen LogP contribution in [0.5, 0.6) is 5.75 Å². The lowest BCUT2D eigenvalue weighted by molar-refractivity contribution is -0.134. The maximum absolute atomic E-state index is 13.6.